The summed E-state index contributed by atoms with van der Waals surface area (Å²) in [6.45, 7) is 0. The van der Waals surface area contributed by atoms with Crippen LogP contribution in [-0.2, 0) is 0 Å². The van der Waals surface area contributed by atoms with Gasteiger partial charge in [0.1, 0.15) is 11.5 Å². The highest BCUT2D eigenvalue weighted by Crippen LogP contribution is 2.36. The Morgan fingerprint density at radius 1 is 1.00 bits per heavy atom. The molecular formula is C17H12ClFN2O. The summed E-state index contributed by atoms with van der Waals surface area (Å²) in [6.07, 6.45) is 1.40. The number of hydrogen-bond donors (Lipinski definition) is 1. The molecule has 0 aliphatic heterocycles. The first-order valence-corrected chi connectivity index (χ1v) is 6.95. The predicted octanol–water partition coefficient (Wildman–Crippen LogP) is 4.92. The van der Waals surface area contributed by atoms with E-state index in [1.807, 2.05) is 0 Å². The maximum absolute atomic E-state index is 13.9. The maximum Gasteiger partial charge on any atom is 0.220 e. The van der Waals surface area contributed by atoms with Crippen molar-refractivity contribution in [3.63, 3.8) is 0 Å². The zero-order valence-corrected chi connectivity index (χ0v) is 12.2. The third kappa shape index (κ3) is 3.02. The van der Waals surface area contributed by atoms with Crippen LogP contribution < -0.4 is 10.5 Å². The number of nitrogens with two attached hydrogens (primary N) is 1. The van der Waals surface area contributed by atoms with Crippen LogP contribution in [0, 0.1) is 5.95 Å². The molecule has 0 aliphatic carbocycles. The second-order valence-electron chi connectivity index (χ2n) is 4.66. The van der Waals surface area contributed by atoms with E-state index in [0.717, 1.165) is 0 Å². The summed E-state index contributed by atoms with van der Waals surface area (Å²) in [6, 6.07) is 15.3. The minimum atomic E-state index is -0.566. The lowest BCUT2D eigenvalue weighted by molar-refractivity contribution is 0.484. The van der Waals surface area contributed by atoms with Gasteiger partial charge in [0.25, 0.3) is 0 Å². The zero-order chi connectivity index (χ0) is 15.5. The van der Waals surface area contributed by atoms with Gasteiger partial charge in [0, 0.05) is 34.1 Å². The molecule has 1 aromatic heterocycles. The Hall–Kier alpha value is -2.59. The fourth-order valence-corrected chi connectivity index (χ4v) is 2.27. The van der Waals surface area contributed by atoms with Gasteiger partial charge in [-0.2, -0.15) is 4.39 Å². The van der Waals surface area contributed by atoms with Crippen LogP contribution in [0.15, 0.2) is 60.8 Å². The summed E-state index contributed by atoms with van der Waals surface area (Å²) in [5.74, 6) is 0.418. The highest BCUT2D eigenvalue weighted by Gasteiger charge is 2.13. The molecule has 0 aliphatic rings. The number of halogens is 2. The van der Waals surface area contributed by atoms with Crippen molar-refractivity contribution >= 4 is 17.3 Å². The van der Waals surface area contributed by atoms with Crippen molar-refractivity contribution in [3.8, 4) is 22.6 Å². The van der Waals surface area contributed by atoms with E-state index >= 15 is 0 Å². The summed E-state index contributed by atoms with van der Waals surface area (Å²) in [7, 11) is 0. The largest absolute Gasteiger partial charge is 0.457 e. The molecule has 22 heavy (non-hydrogen) atoms. The Balaban J connectivity index is 2.07. The van der Waals surface area contributed by atoms with Gasteiger partial charge in [0.2, 0.25) is 5.95 Å². The van der Waals surface area contributed by atoms with Gasteiger partial charge in [-0.05, 0) is 42.5 Å². The normalized spacial score (nSPS) is 10.5. The van der Waals surface area contributed by atoms with Crippen molar-refractivity contribution in [2.24, 2.45) is 0 Å². The lowest BCUT2D eigenvalue weighted by atomic mass is 10.1. The molecule has 0 bridgehead atoms. The van der Waals surface area contributed by atoms with E-state index in [0.29, 0.717) is 33.3 Å². The summed E-state index contributed by atoms with van der Waals surface area (Å²) < 4.78 is 19.8. The Labute approximate surface area is 132 Å². The van der Waals surface area contributed by atoms with E-state index in [-0.39, 0.29) is 0 Å². The fourth-order valence-electron chi connectivity index (χ4n) is 2.09. The van der Waals surface area contributed by atoms with Crippen LogP contribution in [0.5, 0.6) is 11.5 Å². The molecule has 3 rings (SSSR count). The molecule has 2 N–H and O–H groups in total. The number of hydrogen-bond acceptors (Lipinski definition) is 3. The third-order valence-electron chi connectivity index (χ3n) is 3.08. The molecule has 0 radical (unpaired) electrons. The smallest absolute Gasteiger partial charge is 0.220 e. The molecule has 0 spiro atoms. The van der Waals surface area contributed by atoms with Crippen LogP contribution in [0.1, 0.15) is 0 Å². The molecule has 2 aromatic carbocycles. The van der Waals surface area contributed by atoms with Gasteiger partial charge in [-0.3, -0.25) is 0 Å². The van der Waals surface area contributed by atoms with Gasteiger partial charge in [-0.25, -0.2) is 4.98 Å². The number of nitrogen functional groups attached to an aromatic ring is 1. The lowest BCUT2D eigenvalue weighted by Gasteiger charge is -2.12. The maximum atomic E-state index is 13.9. The molecule has 0 saturated heterocycles. The summed E-state index contributed by atoms with van der Waals surface area (Å²) in [4.78, 5) is 3.67. The molecule has 110 valence electrons. The molecule has 0 unspecified atom stereocenters. The SMILES string of the molecule is Nc1ccc(-c2cccnc2F)c(Oc2cccc(Cl)c2)c1. The quantitative estimate of drug-likeness (QED) is 0.551. The highest BCUT2D eigenvalue weighted by atomic mass is 35.5. The van der Waals surface area contributed by atoms with Crippen molar-refractivity contribution in [2.75, 3.05) is 5.73 Å². The van der Waals surface area contributed by atoms with E-state index in [1.54, 1.807) is 54.6 Å². The van der Waals surface area contributed by atoms with Crippen LogP contribution in [0.3, 0.4) is 0 Å². The number of pyridine rings is 1. The Bertz CT molecular complexity index is 823. The van der Waals surface area contributed by atoms with E-state index < -0.39 is 5.95 Å². The number of rotatable bonds is 3. The summed E-state index contributed by atoms with van der Waals surface area (Å²) in [5, 5.41) is 0.551. The van der Waals surface area contributed by atoms with Crippen LogP contribution in [0.25, 0.3) is 11.1 Å². The predicted molar refractivity (Wildman–Crippen MR) is 85.6 cm³/mol. The molecule has 3 aromatic rings. The van der Waals surface area contributed by atoms with E-state index in [1.165, 1.54) is 6.20 Å². The molecule has 0 amide bonds. The molecular weight excluding hydrogens is 303 g/mol. The number of aromatic nitrogens is 1. The molecule has 3 nitrogen and oxygen atoms in total. The first-order valence-electron chi connectivity index (χ1n) is 6.57. The van der Waals surface area contributed by atoms with Crippen molar-refractivity contribution < 1.29 is 9.13 Å². The fraction of sp³-hybridized carbons (Fsp3) is 0. The Morgan fingerprint density at radius 2 is 1.86 bits per heavy atom. The Morgan fingerprint density at radius 3 is 2.64 bits per heavy atom. The average molecular weight is 315 g/mol. The molecule has 0 atom stereocenters. The average Bonchev–Trinajstić information content (AvgIpc) is 2.49. The second kappa shape index (κ2) is 6.03. The number of nitrogens with zero attached hydrogens (tertiary/aromatic N) is 1. The van der Waals surface area contributed by atoms with E-state index in [4.69, 9.17) is 22.1 Å². The monoisotopic (exact) mass is 314 g/mol. The highest BCUT2D eigenvalue weighted by molar-refractivity contribution is 6.30. The minimum Gasteiger partial charge on any atom is -0.457 e. The number of benzene rings is 2. The van der Waals surface area contributed by atoms with Gasteiger partial charge < -0.3 is 10.5 Å². The van der Waals surface area contributed by atoms with Crippen LogP contribution in [0.2, 0.25) is 5.02 Å². The van der Waals surface area contributed by atoms with Crippen molar-refractivity contribution in [2.45, 2.75) is 0 Å². The van der Waals surface area contributed by atoms with Crippen LogP contribution in [-0.4, -0.2) is 4.98 Å². The van der Waals surface area contributed by atoms with Gasteiger partial charge >= 0.3 is 0 Å². The number of ether oxygens (including phenoxy) is 1. The van der Waals surface area contributed by atoms with Crippen LogP contribution >= 0.6 is 11.6 Å². The molecule has 0 saturated carbocycles. The molecule has 5 heteroatoms. The molecule has 1 heterocycles. The van der Waals surface area contributed by atoms with Gasteiger partial charge in [0.15, 0.2) is 0 Å². The third-order valence-corrected chi connectivity index (χ3v) is 3.31. The van der Waals surface area contributed by atoms with Crippen molar-refractivity contribution in [1.82, 2.24) is 4.98 Å². The number of anilines is 1. The second-order valence-corrected chi connectivity index (χ2v) is 5.09. The van der Waals surface area contributed by atoms with Gasteiger partial charge in [0.05, 0.1) is 0 Å². The van der Waals surface area contributed by atoms with E-state index in [9.17, 15) is 4.39 Å². The standard InChI is InChI=1S/C17H12ClFN2O/c18-11-3-1-4-13(9-11)22-16-10-12(20)6-7-14(16)15-5-2-8-21-17(15)19/h1-10H,20H2. The summed E-state index contributed by atoms with van der Waals surface area (Å²) >= 11 is 5.95. The Kier molecular flexibility index (Phi) is 3.94. The summed E-state index contributed by atoms with van der Waals surface area (Å²) in [5.41, 5.74) is 7.25. The van der Waals surface area contributed by atoms with Gasteiger partial charge in [-0.1, -0.05) is 17.7 Å². The van der Waals surface area contributed by atoms with Crippen molar-refractivity contribution in [3.05, 3.63) is 71.8 Å². The minimum absolute atomic E-state index is 0.347. The van der Waals surface area contributed by atoms with Crippen molar-refractivity contribution in [1.29, 1.82) is 0 Å². The molecule has 0 fully saturated rings. The first-order chi connectivity index (χ1) is 10.6. The first kappa shape index (κ1) is 14.4. The van der Waals surface area contributed by atoms with E-state index in [2.05, 4.69) is 4.98 Å². The zero-order valence-electron chi connectivity index (χ0n) is 11.5. The van der Waals surface area contributed by atoms with Gasteiger partial charge in [-0.15, -0.1) is 0 Å². The lowest BCUT2D eigenvalue weighted by Crippen LogP contribution is -1.94. The van der Waals surface area contributed by atoms with Crippen LogP contribution in [0.4, 0.5) is 10.1 Å². The topological polar surface area (TPSA) is 48.1 Å².